The summed E-state index contributed by atoms with van der Waals surface area (Å²) in [5.41, 5.74) is 3.07. The molecule has 0 saturated carbocycles. The van der Waals surface area contributed by atoms with Gasteiger partial charge in [-0.1, -0.05) is 72.8 Å². The number of fused-ring (bicyclic) bond motifs is 1. The zero-order valence-electron chi connectivity index (χ0n) is 18.4. The van der Waals surface area contributed by atoms with Crippen LogP contribution in [-0.4, -0.2) is 30.9 Å². The van der Waals surface area contributed by atoms with Gasteiger partial charge in [0.15, 0.2) is 0 Å². The number of nitrogens with zero attached hydrogens (tertiary/aromatic N) is 2. The van der Waals surface area contributed by atoms with E-state index in [0.717, 1.165) is 11.1 Å². The topological polar surface area (TPSA) is 81.8 Å². The monoisotopic (exact) mass is 442 g/mol. The Bertz CT molecular complexity index is 1130. The molecule has 4 rings (SSSR count). The van der Waals surface area contributed by atoms with Crippen molar-refractivity contribution in [2.75, 3.05) is 22.9 Å². The van der Waals surface area contributed by atoms with Crippen LogP contribution in [0.5, 0.6) is 0 Å². The van der Waals surface area contributed by atoms with E-state index in [-0.39, 0.29) is 37.0 Å². The van der Waals surface area contributed by atoms with Gasteiger partial charge in [0, 0.05) is 6.54 Å². The van der Waals surface area contributed by atoms with Crippen molar-refractivity contribution in [2.45, 2.75) is 19.5 Å². The summed E-state index contributed by atoms with van der Waals surface area (Å²) < 4.78 is 0. The third-order valence-corrected chi connectivity index (χ3v) is 5.57. The summed E-state index contributed by atoms with van der Waals surface area (Å²) in [4.78, 5) is 41.4. The van der Waals surface area contributed by atoms with E-state index in [1.54, 1.807) is 18.2 Å². The van der Waals surface area contributed by atoms with E-state index in [0.29, 0.717) is 17.9 Å². The second kappa shape index (κ2) is 9.99. The number of para-hydroxylation sites is 2. The van der Waals surface area contributed by atoms with Crippen LogP contribution >= 0.6 is 0 Å². The number of hydrogen-bond acceptors (Lipinski definition) is 3. The summed E-state index contributed by atoms with van der Waals surface area (Å²) in [7, 11) is 0. The molecule has 0 saturated heterocycles. The second-order valence-corrected chi connectivity index (χ2v) is 7.90. The average Bonchev–Trinajstić information content (AvgIpc) is 2.85. The number of hydrogen-bond donors (Lipinski definition) is 2. The lowest BCUT2D eigenvalue weighted by atomic mass is 10.1. The maximum absolute atomic E-state index is 13.0. The first-order chi connectivity index (χ1) is 16.0. The van der Waals surface area contributed by atoms with Gasteiger partial charge in [-0.15, -0.1) is 0 Å². The molecule has 7 nitrogen and oxygen atoms in total. The highest BCUT2D eigenvalue weighted by Crippen LogP contribution is 2.33. The molecule has 0 aromatic heterocycles. The molecular weight excluding hydrogens is 416 g/mol. The van der Waals surface area contributed by atoms with Crippen molar-refractivity contribution in [3.05, 3.63) is 96.1 Å². The second-order valence-electron chi connectivity index (χ2n) is 7.90. The van der Waals surface area contributed by atoms with Crippen molar-refractivity contribution in [2.24, 2.45) is 0 Å². The van der Waals surface area contributed by atoms with E-state index in [1.807, 2.05) is 73.7 Å². The maximum atomic E-state index is 13.0. The first-order valence-electron chi connectivity index (χ1n) is 10.9. The molecule has 1 aliphatic heterocycles. The molecule has 0 fully saturated rings. The van der Waals surface area contributed by atoms with Crippen LogP contribution in [0.15, 0.2) is 84.9 Å². The van der Waals surface area contributed by atoms with Gasteiger partial charge in [0.1, 0.15) is 13.1 Å². The molecule has 0 bridgehead atoms. The summed E-state index contributed by atoms with van der Waals surface area (Å²) in [6.07, 6.45) is 0. The molecule has 3 aromatic carbocycles. The van der Waals surface area contributed by atoms with Gasteiger partial charge in [-0.3, -0.25) is 19.4 Å². The van der Waals surface area contributed by atoms with Gasteiger partial charge in [-0.05, 0) is 30.2 Å². The van der Waals surface area contributed by atoms with Crippen LogP contribution in [0, 0.1) is 0 Å². The predicted octanol–water partition coefficient (Wildman–Crippen LogP) is 3.63. The summed E-state index contributed by atoms with van der Waals surface area (Å²) in [6, 6.07) is 25.8. The Morgan fingerprint density at radius 1 is 0.879 bits per heavy atom. The first kappa shape index (κ1) is 22.1. The molecule has 0 unspecified atom stereocenters. The fraction of sp³-hybridized carbons (Fsp3) is 0.192. The molecule has 168 valence electrons. The SMILES string of the molecule is C[C@@H](NC(=O)CN1C(=O)CN(C(=O)NCc2ccccc2)c2ccccc21)c1ccccc1. The number of amides is 4. The van der Waals surface area contributed by atoms with E-state index in [4.69, 9.17) is 0 Å². The Kier molecular flexibility index (Phi) is 6.69. The van der Waals surface area contributed by atoms with Crippen LogP contribution in [0.3, 0.4) is 0 Å². The molecule has 2 N–H and O–H groups in total. The summed E-state index contributed by atoms with van der Waals surface area (Å²) in [6.45, 7) is 2.00. The van der Waals surface area contributed by atoms with Crippen LogP contribution in [-0.2, 0) is 16.1 Å². The lowest BCUT2D eigenvalue weighted by molar-refractivity contribution is -0.123. The zero-order valence-corrected chi connectivity index (χ0v) is 18.4. The smallest absolute Gasteiger partial charge is 0.322 e. The van der Waals surface area contributed by atoms with E-state index >= 15 is 0 Å². The summed E-state index contributed by atoms with van der Waals surface area (Å²) in [5, 5.41) is 5.81. The Labute approximate surface area is 193 Å². The minimum absolute atomic E-state index is 0.119. The Balaban J connectivity index is 1.46. The number of anilines is 2. The fourth-order valence-corrected chi connectivity index (χ4v) is 3.84. The van der Waals surface area contributed by atoms with Crippen molar-refractivity contribution in [3.8, 4) is 0 Å². The van der Waals surface area contributed by atoms with Gasteiger partial charge in [-0.25, -0.2) is 4.79 Å². The van der Waals surface area contributed by atoms with Crippen LogP contribution in [0.2, 0.25) is 0 Å². The Morgan fingerprint density at radius 2 is 1.48 bits per heavy atom. The summed E-state index contributed by atoms with van der Waals surface area (Å²) in [5.74, 6) is -0.581. The predicted molar refractivity (Wildman–Crippen MR) is 128 cm³/mol. The van der Waals surface area contributed by atoms with Crippen molar-refractivity contribution in [1.82, 2.24) is 10.6 Å². The molecule has 7 heteroatoms. The lowest BCUT2D eigenvalue weighted by Crippen LogP contribution is -2.53. The van der Waals surface area contributed by atoms with Crippen molar-refractivity contribution >= 4 is 29.2 Å². The number of carbonyl (C=O) groups excluding carboxylic acids is 3. The molecule has 4 amide bonds. The molecule has 1 atom stereocenters. The van der Waals surface area contributed by atoms with Crippen LogP contribution in [0.1, 0.15) is 24.1 Å². The lowest BCUT2D eigenvalue weighted by Gasteiger charge is -2.35. The third kappa shape index (κ3) is 5.20. The molecule has 1 heterocycles. The van der Waals surface area contributed by atoms with Crippen LogP contribution in [0.25, 0.3) is 0 Å². The van der Waals surface area contributed by atoms with Crippen LogP contribution in [0.4, 0.5) is 16.2 Å². The Hall–Kier alpha value is -4.13. The van der Waals surface area contributed by atoms with Crippen molar-refractivity contribution < 1.29 is 14.4 Å². The molecule has 0 spiro atoms. The van der Waals surface area contributed by atoms with Gasteiger partial charge in [0.2, 0.25) is 11.8 Å². The number of carbonyl (C=O) groups is 3. The molecule has 33 heavy (non-hydrogen) atoms. The molecule has 1 aliphatic rings. The Morgan fingerprint density at radius 3 is 2.18 bits per heavy atom. The highest BCUT2D eigenvalue weighted by Gasteiger charge is 2.33. The van der Waals surface area contributed by atoms with Crippen molar-refractivity contribution in [1.29, 1.82) is 0 Å². The van der Waals surface area contributed by atoms with Crippen LogP contribution < -0.4 is 20.4 Å². The molecule has 0 aliphatic carbocycles. The molecule has 0 radical (unpaired) electrons. The average molecular weight is 443 g/mol. The van der Waals surface area contributed by atoms with E-state index in [1.165, 1.54) is 9.80 Å². The molecule has 3 aromatic rings. The van der Waals surface area contributed by atoms with E-state index in [2.05, 4.69) is 10.6 Å². The largest absolute Gasteiger partial charge is 0.348 e. The molecular formula is C26H26N4O3. The number of rotatable bonds is 6. The van der Waals surface area contributed by atoms with E-state index < -0.39 is 0 Å². The van der Waals surface area contributed by atoms with Gasteiger partial charge in [0.05, 0.1) is 17.4 Å². The van der Waals surface area contributed by atoms with Gasteiger partial charge in [0.25, 0.3) is 0 Å². The standard InChI is InChI=1S/C26H26N4O3/c1-19(21-12-6-3-7-13-21)28-24(31)17-29-22-14-8-9-15-23(22)30(18-25(29)32)26(33)27-16-20-10-4-2-5-11-20/h2-15,19H,16-18H2,1H3,(H,27,33)(H,28,31)/t19-/m1/s1. The van der Waals surface area contributed by atoms with Gasteiger partial charge < -0.3 is 10.6 Å². The van der Waals surface area contributed by atoms with Gasteiger partial charge >= 0.3 is 6.03 Å². The van der Waals surface area contributed by atoms with E-state index in [9.17, 15) is 14.4 Å². The highest BCUT2D eigenvalue weighted by molar-refractivity contribution is 6.12. The van der Waals surface area contributed by atoms with Crippen molar-refractivity contribution in [3.63, 3.8) is 0 Å². The normalized spacial score (nSPS) is 13.8. The maximum Gasteiger partial charge on any atom is 0.322 e. The van der Waals surface area contributed by atoms with Gasteiger partial charge in [-0.2, -0.15) is 0 Å². The zero-order chi connectivity index (χ0) is 23.2. The summed E-state index contributed by atoms with van der Waals surface area (Å²) >= 11 is 0. The number of benzene rings is 3. The number of urea groups is 1. The minimum Gasteiger partial charge on any atom is -0.348 e. The minimum atomic E-state index is -0.360. The third-order valence-electron chi connectivity index (χ3n) is 5.57. The fourth-order valence-electron chi connectivity index (χ4n) is 3.84. The quantitative estimate of drug-likeness (QED) is 0.612. The highest BCUT2D eigenvalue weighted by atomic mass is 16.2. The first-order valence-corrected chi connectivity index (χ1v) is 10.9. The number of nitrogens with one attached hydrogen (secondary N) is 2.